The number of nitrogens with zero attached hydrogens (tertiary/aromatic N) is 1. The van der Waals surface area contributed by atoms with Crippen molar-refractivity contribution >= 4 is 17.5 Å². The Hall–Kier alpha value is -3.54. The highest BCUT2D eigenvalue weighted by atomic mass is 19.1. The number of amides is 2. The van der Waals surface area contributed by atoms with E-state index in [0.29, 0.717) is 23.4 Å². The van der Waals surface area contributed by atoms with Crippen molar-refractivity contribution in [3.8, 4) is 0 Å². The minimum absolute atomic E-state index is 0.244. The molecule has 0 spiro atoms. The van der Waals surface area contributed by atoms with Crippen LogP contribution < -0.4 is 10.6 Å². The van der Waals surface area contributed by atoms with E-state index >= 15 is 0 Å². The molecule has 2 N–H and O–H groups in total. The first-order valence-corrected chi connectivity index (χ1v) is 7.96. The third kappa shape index (κ3) is 4.51. The van der Waals surface area contributed by atoms with Gasteiger partial charge >= 0.3 is 0 Å². The van der Waals surface area contributed by atoms with Gasteiger partial charge in [-0.25, -0.2) is 4.39 Å². The number of pyridine rings is 1. The first-order chi connectivity index (χ1) is 12.6. The Balaban J connectivity index is 1.60. The van der Waals surface area contributed by atoms with Crippen LogP contribution >= 0.6 is 0 Å². The Morgan fingerprint density at radius 3 is 2.31 bits per heavy atom. The number of hydrogen-bond donors (Lipinski definition) is 2. The highest BCUT2D eigenvalue weighted by Crippen LogP contribution is 2.12. The largest absolute Gasteiger partial charge is 0.348 e. The van der Waals surface area contributed by atoms with Gasteiger partial charge in [-0.2, -0.15) is 0 Å². The van der Waals surface area contributed by atoms with Crippen LogP contribution in [0.3, 0.4) is 0 Å². The van der Waals surface area contributed by atoms with Crippen LogP contribution in [0.1, 0.15) is 26.3 Å². The molecule has 0 aliphatic rings. The van der Waals surface area contributed by atoms with Gasteiger partial charge in [0.15, 0.2) is 0 Å². The van der Waals surface area contributed by atoms with E-state index in [9.17, 15) is 14.0 Å². The number of nitrogens with one attached hydrogen (secondary N) is 2. The summed E-state index contributed by atoms with van der Waals surface area (Å²) in [6.45, 7) is 0.370. The Labute approximate surface area is 149 Å². The molecule has 0 atom stereocenters. The van der Waals surface area contributed by atoms with Crippen molar-refractivity contribution in [3.05, 3.63) is 95.6 Å². The number of anilines is 1. The number of benzene rings is 2. The quantitative estimate of drug-likeness (QED) is 0.742. The third-order valence-electron chi connectivity index (χ3n) is 3.67. The van der Waals surface area contributed by atoms with Crippen molar-refractivity contribution < 1.29 is 14.0 Å². The summed E-state index contributed by atoms with van der Waals surface area (Å²) in [4.78, 5) is 28.3. The normalized spacial score (nSPS) is 10.2. The number of aromatic nitrogens is 1. The van der Waals surface area contributed by atoms with E-state index in [1.54, 1.807) is 48.8 Å². The lowest BCUT2D eigenvalue weighted by Gasteiger charge is -2.07. The molecule has 5 nitrogen and oxygen atoms in total. The van der Waals surface area contributed by atoms with Gasteiger partial charge in [0.2, 0.25) is 0 Å². The fraction of sp³-hybridized carbons (Fsp3) is 0.0500. The van der Waals surface area contributed by atoms with Gasteiger partial charge in [0.05, 0.1) is 0 Å². The summed E-state index contributed by atoms with van der Waals surface area (Å²) < 4.78 is 13.2. The van der Waals surface area contributed by atoms with Crippen LogP contribution in [0.5, 0.6) is 0 Å². The monoisotopic (exact) mass is 349 g/mol. The smallest absolute Gasteiger partial charge is 0.255 e. The molecule has 3 aromatic rings. The highest BCUT2D eigenvalue weighted by molar-refractivity contribution is 6.05. The fourth-order valence-corrected chi connectivity index (χ4v) is 2.33. The first kappa shape index (κ1) is 17.3. The van der Waals surface area contributed by atoms with Crippen molar-refractivity contribution in [3.63, 3.8) is 0 Å². The van der Waals surface area contributed by atoms with Crippen molar-refractivity contribution in [1.29, 1.82) is 0 Å². The van der Waals surface area contributed by atoms with Gasteiger partial charge in [-0.1, -0.05) is 12.1 Å². The SMILES string of the molecule is O=C(NCc1cccnc1)c1ccc(C(=O)Nc2cccc(F)c2)cc1. The third-order valence-corrected chi connectivity index (χ3v) is 3.67. The minimum atomic E-state index is -0.427. The van der Waals surface area contributed by atoms with E-state index in [4.69, 9.17) is 0 Å². The van der Waals surface area contributed by atoms with Gasteiger partial charge in [-0.3, -0.25) is 14.6 Å². The lowest BCUT2D eigenvalue weighted by Crippen LogP contribution is -2.23. The minimum Gasteiger partial charge on any atom is -0.348 e. The van der Waals surface area contributed by atoms with E-state index in [0.717, 1.165) is 5.56 Å². The maximum Gasteiger partial charge on any atom is 0.255 e. The van der Waals surface area contributed by atoms with Gasteiger partial charge in [-0.05, 0) is 54.1 Å². The van der Waals surface area contributed by atoms with E-state index < -0.39 is 5.82 Å². The molecular weight excluding hydrogens is 333 g/mol. The molecule has 2 aromatic carbocycles. The second kappa shape index (κ2) is 8.02. The van der Waals surface area contributed by atoms with Gasteiger partial charge < -0.3 is 10.6 Å². The summed E-state index contributed by atoms with van der Waals surface area (Å²) in [5, 5.41) is 5.40. The van der Waals surface area contributed by atoms with Crippen molar-refractivity contribution in [2.45, 2.75) is 6.54 Å². The lowest BCUT2D eigenvalue weighted by molar-refractivity contribution is 0.0949. The summed E-state index contributed by atoms with van der Waals surface area (Å²) in [7, 11) is 0. The number of rotatable bonds is 5. The number of halogens is 1. The van der Waals surface area contributed by atoms with Crippen LogP contribution in [0, 0.1) is 5.82 Å². The first-order valence-electron chi connectivity index (χ1n) is 7.96. The average Bonchev–Trinajstić information content (AvgIpc) is 2.67. The second-order valence-corrected chi connectivity index (χ2v) is 5.59. The van der Waals surface area contributed by atoms with Gasteiger partial charge in [-0.15, -0.1) is 0 Å². The average molecular weight is 349 g/mol. The van der Waals surface area contributed by atoms with E-state index in [1.165, 1.54) is 18.2 Å². The predicted molar refractivity (Wildman–Crippen MR) is 96.2 cm³/mol. The van der Waals surface area contributed by atoms with Crippen LogP contribution in [-0.4, -0.2) is 16.8 Å². The standard InChI is InChI=1S/C20H16FN3O2/c21-17-4-1-5-18(11-17)24-20(26)16-8-6-15(7-9-16)19(25)23-13-14-3-2-10-22-12-14/h1-12H,13H2,(H,23,25)(H,24,26). The number of hydrogen-bond acceptors (Lipinski definition) is 3. The molecule has 130 valence electrons. The number of carbonyl (C=O) groups excluding carboxylic acids is 2. The van der Waals surface area contributed by atoms with Crippen molar-refractivity contribution in [1.82, 2.24) is 10.3 Å². The summed E-state index contributed by atoms with van der Waals surface area (Å²) in [6, 6.07) is 15.6. The van der Waals surface area contributed by atoms with E-state index in [-0.39, 0.29) is 11.8 Å². The van der Waals surface area contributed by atoms with E-state index in [1.807, 2.05) is 6.07 Å². The molecule has 6 heteroatoms. The molecule has 0 fully saturated rings. The van der Waals surface area contributed by atoms with Gasteiger partial charge in [0.1, 0.15) is 5.82 Å². The highest BCUT2D eigenvalue weighted by Gasteiger charge is 2.09. The Kier molecular flexibility index (Phi) is 5.34. The van der Waals surface area contributed by atoms with Gasteiger partial charge in [0, 0.05) is 35.8 Å². The molecule has 1 heterocycles. The molecule has 0 aliphatic heterocycles. The molecular formula is C20H16FN3O2. The zero-order chi connectivity index (χ0) is 18.4. The van der Waals surface area contributed by atoms with Gasteiger partial charge in [0.25, 0.3) is 11.8 Å². The maximum atomic E-state index is 13.2. The van der Waals surface area contributed by atoms with Crippen molar-refractivity contribution in [2.75, 3.05) is 5.32 Å². The zero-order valence-electron chi connectivity index (χ0n) is 13.8. The van der Waals surface area contributed by atoms with Crippen molar-refractivity contribution in [2.24, 2.45) is 0 Å². The second-order valence-electron chi connectivity index (χ2n) is 5.59. The molecule has 0 saturated carbocycles. The zero-order valence-corrected chi connectivity index (χ0v) is 13.8. The molecule has 0 unspecified atom stereocenters. The molecule has 0 saturated heterocycles. The lowest BCUT2D eigenvalue weighted by atomic mass is 10.1. The van der Waals surface area contributed by atoms with Crippen LogP contribution in [0.2, 0.25) is 0 Å². The Bertz CT molecular complexity index is 912. The Morgan fingerprint density at radius 2 is 1.65 bits per heavy atom. The summed E-state index contributed by atoms with van der Waals surface area (Å²) in [5.74, 6) is -1.05. The number of carbonyl (C=O) groups is 2. The van der Waals surface area contributed by atoms with Crippen LogP contribution in [0.15, 0.2) is 73.1 Å². The molecule has 1 aromatic heterocycles. The van der Waals surface area contributed by atoms with Crippen LogP contribution in [0.4, 0.5) is 10.1 Å². The maximum absolute atomic E-state index is 13.2. The predicted octanol–water partition coefficient (Wildman–Crippen LogP) is 3.40. The Morgan fingerprint density at radius 1 is 0.923 bits per heavy atom. The summed E-state index contributed by atoms with van der Waals surface area (Å²) >= 11 is 0. The topological polar surface area (TPSA) is 71.1 Å². The summed E-state index contributed by atoms with van der Waals surface area (Å²) in [5.41, 5.74) is 2.08. The summed E-state index contributed by atoms with van der Waals surface area (Å²) in [6.07, 6.45) is 3.35. The van der Waals surface area contributed by atoms with Crippen LogP contribution in [0.25, 0.3) is 0 Å². The molecule has 0 bridgehead atoms. The molecule has 3 rings (SSSR count). The van der Waals surface area contributed by atoms with Crippen LogP contribution in [-0.2, 0) is 6.54 Å². The molecule has 0 aliphatic carbocycles. The molecule has 26 heavy (non-hydrogen) atoms. The molecule has 2 amide bonds. The fourth-order valence-electron chi connectivity index (χ4n) is 2.33. The molecule has 0 radical (unpaired) electrons. The van der Waals surface area contributed by atoms with E-state index in [2.05, 4.69) is 15.6 Å².